The van der Waals surface area contributed by atoms with Crippen LogP contribution in [0.3, 0.4) is 0 Å². The average molecular weight is 463 g/mol. The minimum atomic E-state index is -1.03. The van der Waals surface area contributed by atoms with Crippen LogP contribution < -0.4 is 9.47 Å². The third-order valence-corrected chi connectivity index (χ3v) is 5.31. The summed E-state index contributed by atoms with van der Waals surface area (Å²) in [5.41, 5.74) is 2.16. The number of benzene rings is 4. The number of ether oxygens (including phenoxy) is 2. The Morgan fingerprint density at radius 2 is 1.23 bits per heavy atom. The average Bonchev–Trinajstić information content (AvgIpc) is 2.77. The molecule has 0 fully saturated rings. The van der Waals surface area contributed by atoms with Crippen molar-refractivity contribution < 1.29 is 19.4 Å². The normalized spacial score (nSPS) is 10.7. The predicted octanol–water partition coefficient (Wildman–Crippen LogP) is 6.46. The number of carboxylic acids is 1. The van der Waals surface area contributed by atoms with Crippen molar-refractivity contribution in [1.82, 2.24) is 0 Å². The molecule has 0 saturated heterocycles. The Morgan fingerprint density at radius 3 is 1.80 bits per heavy atom. The van der Waals surface area contributed by atoms with Crippen LogP contribution in [0, 0.1) is 0 Å². The Balaban J connectivity index is 1.64. The summed E-state index contributed by atoms with van der Waals surface area (Å²) in [6, 6.07) is 26.7. The first-order chi connectivity index (χ1) is 14.6. The Morgan fingerprint density at radius 1 is 0.733 bits per heavy atom. The summed E-state index contributed by atoms with van der Waals surface area (Å²) >= 11 is 3.53. The van der Waals surface area contributed by atoms with E-state index < -0.39 is 5.97 Å². The number of fused-ring (bicyclic) bond motifs is 1. The van der Waals surface area contributed by atoms with Crippen molar-refractivity contribution >= 4 is 32.7 Å². The zero-order valence-corrected chi connectivity index (χ0v) is 17.6. The molecule has 0 aliphatic rings. The summed E-state index contributed by atoms with van der Waals surface area (Å²) in [4.78, 5) is 11.8. The number of aromatic carboxylic acids is 1. The molecule has 0 aliphatic heterocycles. The molecule has 0 heterocycles. The van der Waals surface area contributed by atoms with Gasteiger partial charge in [-0.25, -0.2) is 4.79 Å². The topological polar surface area (TPSA) is 55.8 Å². The minimum absolute atomic E-state index is 0.128. The monoisotopic (exact) mass is 462 g/mol. The van der Waals surface area contributed by atoms with Gasteiger partial charge in [0.1, 0.15) is 30.3 Å². The molecule has 5 heteroatoms. The highest BCUT2D eigenvalue weighted by molar-refractivity contribution is 9.10. The summed E-state index contributed by atoms with van der Waals surface area (Å²) in [5, 5.41) is 11.3. The molecule has 0 atom stereocenters. The summed E-state index contributed by atoms with van der Waals surface area (Å²) in [7, 11) is 0. The van der Waals surface area contributed by atoms with E-state index in [9.17, 15) is 9.90 Å². The van der Waals surface area contributed by atoms with Crippen molar-refractivity contribution in [2.45, 2.75) is 13.2 Å². The molecule has 0 bridgehead atoms. The summed E-state index contributed by atoms with van der Waals surface area (Å²) in [5.74, 6) is -0.0147. The van der Waals surface area contributed by atoms with Gasteiger partial charge in [0.15, 0.2) is 0 Å². The number of rotatable bonds is 7. The molecule has 0 saturated carbocycles. The Kier molecular flexibility index (Phi) is 6.00. The zero-order valence-electron chi connectivity index (χ0n) is 16.0. The highest BCUT2D eigenvalue weighted by Gasteiger charge is 2.15. The molecule has 1 N–H and O–H groups in total. The van der Waals surface area contributed by atoms with Crippen LogP contribution >= 0.6 is 15.9 Å². The Labute approximate surface area is 182 Å². The van der Waals surface area contributed by atoms with Crippen LogP contribution in [-0.2, 0) is 13.2 Å². The zero-order chi connectivity index (χ0) is 20.9. The van der Waals surface area contributed by atoms with E-state index in [-0.39, 0.29) is 5.56 Å². The minimum Gasteiger partial charge on any atom is -0.488 e. The van der Waals surface area contributed by atoms with Gasteiger partial charge in [-0.2, -0.15) is 0 Å². The maximum Gasteiger partial charge on any atom is 0.339 e. The van der Waals surface area contributed by atoms with Gasteiger partial charge in [-0.05, 0) is 62.1 Å². The van der Waals surface area contributed by atoms with Crippen LogP contribution in [0.15, 0.2) is 89.4 Å². The number of hydrogen-bond donors (Lipinski definition) is 1. The van der Waals surface area contributed by atoms with Gasteiger partial charge < -0.3 is 14.6 Å². The fourth-order valence-electron chi connectivity index (χ4n) is 3.15. The summed E-state index contributed by atoms with van der Waals surface area (Å²) < 4.78 is 12.6. The lowest BCUT2D eigenvalue weighted by atomic mass is 10.1. The molecule has 4 nitrogen and oxygen atoms in total. The third kappa shape index (κ3) is 4.63. The van der Waals surface area contributed by atoms with Gasteiger partial charge in [-0.3, -0.25) is 0 Å². The van der Waals surface area contributed by atoms with Crippen molar-refractivity contribution in [3.8, 4) is 11.5 Å². The highest BCUT2D eigenvalue weighted by atomic mass is 79.9. The number of carboxylic acid groups (broad SMARTS) is 1. The lowest BCUT2D eigenvalue weighted by Crippen LogP contribution is -2.04. The van der Waals surface area contributed by atoms with E-state index in [2.05, 4.69) is 15.9 Å². The van der Waals surface area contributed by atoms with E-state index in [0.29, 0.717) is 24.7 Å². The van der Waals surface area contributed by atoms with Crippen LogP contribution in [0.4, 0.5) is 0 Å². The standard InChI is InChI=1S/C25H19BrO4/c26-22-12-19-11-21(25(27)28)23(29-15-17-7-3-1-4-8-17)13-20(19)14-24(22)30-16-18-9-5-2-6-10-18/h1-14H,15-16H2,(H,27,28). The van der Waals surface area contributed by atoms with Crippen LogP contribution in [0.5, 0.6) is 11.5 Å². The number of hydrogen-bond acceptors (Lipinski definition) is 3. The third-order valence-electron chi connectivity index (χ3n) is 4.69. The van der Waals surface area contributed by atoms with Crippen molar-refractivity contribution in [3.05, 3.63) is 106 Å². The first-order valence-electron chi connectivity index (χ1n) is 9.44. The molecule has 4 aromatic carbocycles. The molecule has 0 radical (unpaired) electrons. The lowest BCUT2D eigenvalue weighted by Gasteiger charge is -2.13. The van der Waals surface area contributed by atoms with Gasteiger partial charge >= 0.3 is 5.97 Å². The van der Waals surface area contributed by atoms with Gasteiger partial charge in [-0.15, -0.1) is 0 Å². The largest absolute Gasteiger partial charge is 0.488 e. The molecule has 0 spiro atoms. The van der Waals surface area contributed by atoms with Crippen LogP contribution in [0.1, 0.15) is 21.5 Å². The predicted molar refractivity (Wildman–Crippen MR) is 120 cm³/mol. The summed E-state index contributed by atoms with van der Waals surface area (Å²) in [6.45, 7) is 0.732. The molecular weight excluding hydrogens is 444 g/mol. The first-order valence-corrected chi connectivity index (χ1v) is 10.2. The second-order valence-corrected chi connectivity index (χ2v) is 7.69. The van der Waals surface area contributed by atoms with Gasteiger partial charge in [-0.1, -0.05) is 60.7 Å². The van der Waals surface area contributed by atoms with Crippen LogP contribution in [-0.4, -0.2) is 11.1 Å². The molecule has 0 unspecified atom stereocenters. The maximum absolute atomic E-state index is 11.8. The van der Waals surface area contributed by atoms with Crippen molar-refractivity contribution in [3.63, 3.8) is 0 Å². The maximum atomic E-state index is 11.8. The fraction of sp³-hybridized carbons (Fsp3) is 0.0800. The Hall–Kier alpha value is -3.31. The van der Waals surface area contributed by atoms with Crippen molar-refractivity contribution in [1.29, 1.82) is 0 Å². The van der Waals surface area contributed by atoms with E-state index >= 15 is 0 Å². The van der Waals surface area contributed by atoms with E-state index in [1.807, 2.05) is 72.8 Å². The molecule has 0 aromatic heterocycles. The lowest BCUT2D eigenvalue weighted by molar-refractivity contribution is 0.0692. The quantitative estimate of drug-likeness (QED) is 0.342. The second-order valence-electron chi connectivity index (χ2n) is 6.83. The van der Waals surface area contributed by atoms with Crippen molar-refractivity contribution in [2.24, 2.45) is 0 Å². The molecule has 30 heavy (non-hydrogen) atoms. The van der Waals surface area contributed by atoms with E-state index in [1.165, 1.54) is 0 Å². The van der Waals surface area contributed by atoms with E-state index in [0.717, 1.165) is 26.4 Å². The van der Waals surface area contributed by atoms with E-state index in [4.69, 9.17) is 9.47 Å². The SMILES string of the molecule is O=C(O)c1cc2cc(Br)c(OCc3ccccc3)cc2cc1OCc1ccccc1. The fourth-order valence-corrected chi connectivity index (χ4v) is 3.62. The smallest absolute Gasteiger partial charge is 0.339 e. The number of carbonyl (C=O) groups is 1. The molecule has 0 aliphatic carbocycles. The highest BCUT2D eigenvalue weighted by Crippen LogP contribution is 2.35. The molecule has 0 amide bonds. The first kappa shape index (κ1) is 20.0. The van der Waals surface area contributed by atoms with Crippen LogP contribution in [0.2, 0.25) is 0 Å². The summed E-state index contributed by atoms with van der Waals surface area (Å²) in [6.07, 6.45) is 0. The molecule has 4 rings (SSSR count). The van der Waals surface area contributed by atoms with Crippen molar-refractivity contribution in [2.75, 3.05) is 0 Å². The molecule has 150 valence electrons. The van der Waals surface area contributed by atoms with Gasteiger partial charge in [0, 0.05) is 0 Å². The van der Waals surface area contributed by atoms with Crippen LogP contribution in [0.25, 0.3) is 10.8 Å². The Bertz CT molecular complexity index is 1170. The molecule has 4 aromatic rings. The van der Waals surface area contributed by atoms with Gasteiger partial charge in [0.25, 0.3) is 0 Å². The van der Waals surface area contributed by atoms with E-state index in [1.54, 1.807) is 12.1 Å². The number of halogens is 1. The van der Waals surface area contributed by atoms with Gasteiger partial charge in [0.05, 0.1) is 4.47 Å². The second kappa shape index (κ2) is 9.01. The van der Waals surface area contributed by atoms with Gasteiger partial charge in [0.2, 0.25) is 0 Å². The molecular formula is C25H19BrO4.